The third-order valence-corrected chi connectivity index (χ3v) is 2.62. The first-order valence-electron chi connectivity index (χ1n) is 5.47. The van der Waals surface area contributed by atoms with E-state index in [-0.39, 0.29) is 18.6 Å². The minimum Gasteiger partial charge on any atom is -0.394 e. The van der Waals surface area contributed by atoms with E-state index in [0.717, 1.165) is 10.9 Å². The fourth-order valence-electron chi connectivity index (χ4n) is 1.72. The van der Waals surface area contributed by atoms with Crippen LogP contribution in [0, 0.1) is 0 Å². The molecule has 5 nitrogen and oxygen atoms in total. The van der Waals surface area contributed by atoms with Crippen LogP contribution < -0.4 is 5.32 Å². The van der Waals surface area contributed by atoms with Crippen LogP contribution in [0.4, 0.5) is 0 Å². The van der Waals surface area contributed by atoms with Gasteiger partial charge < -0.3 is 10.4 Å². The summed E-state index contributed by atoms with van der Waals surface area (Å²) in [5.41, 5.74) is 1.30. The zero-order valence-corrected chi connectivity index (χ0v) is 9.84. The zero-order chi connectivity index (χ0) is 12.4. The Kier molecular flexibility index (Phi) is 3.10. The fraction of sp³-hybridized carbons (Fsp3) is 0.333. The first-order chi connectivity index (χ1) is 8.13. The molecule has 0 aliphatic carbocycles. The average Bonchev–Trinajstić information content (AvgIpc) is 2.67. The van der Waals surface area contributed by atoms with Crippen LogP contribution in [-0.4, -0.2) is 33.4 Å². The largest absolute Gasteiger partial charge is 0.394 e. The van der Waals surface area contributed by atoms with Crippen molar-refractivity contribution in [2.75, 3.05) is 6.61 Å². The summed E-state index contributed by atoms with van der Waals surface area (Å²) in [6.07, 6.45) is 0. The molecule has 0 saturated carbocycles. The van der Waals surface area contributed by atoms with Gasteiger partial charge in [0.05, 0.1) is 12.1 Å². The van der Waals surface area contributed by atoms with Crippen LogP contribution >= 0.6 is 0 Å². The minimum atomic E-state index is -0.275. The molecule has 2 aromatic rings. The highest BCUT2D eigenvalue weighted by atomic mass is 16.3. The number of rotatable bonds is 3. The Labute approximate surface area is 99.1 Å². The lowest BCUT2D eigenvalue weighted by Crippen LogP contribution is -2.35. The SMILES string of the molecule is C[C@H](CO)NC(=O)c1nn(C)c2ccccc12. The third-order valence-electron chi connectivity index (χ3n) is 2.62. The number of nitrogens with one attached hydrogen (secondary N) is 1. The number of hydrogen-bond acceptors (Lipinski definition) is 3. The summed E-state index contributed by atoms with van der Waals surface area (Å²) in [5, 5.41) is 16.6. The maximum atomic E-state index is 11.9. The van der Waals surface area contributed by atoms with Gasteiger partial charge >= 0.3 is 0 Å². The highest BCUT2D eigenvalue weighted by molar-refractivity contribution is 6.04. The number of carbonyl (C=O) groups is 1. The quantitative estimate of drug-likeness (QED) is 0.819. The predicted octanol–water partition coefficient (Wildman–Crippen LogP) is 0.684. The van der Waals surface area contributed by atoms with E-state index in [1.54, 1.807) is 18.7 Å². The number of aliphatic hydroxyl groups excluding tert-OH is 1. The van der Waals surface area contributed by atoms with Crippen molar-refractivity contribution in [1.29, 1.82) is 0 Å². The van der Waals surface area contributed by atoms with Crippen LogP contribution in [0.1, 0.15) is 17.4 Å². The van der Waals surface area contributed by atoms with E-state index in [1.165, 1.54) is 0 Å². The summed E-state index contributed by atoms with van der Waals surface area (Å²) in [7, 11) is 1.80. The Balaban J connectivity index is 2.39. The summed E-state index contributed by atoms with van der Waals surface area (Å²) in [5.74, 6) is -0.261. The highest BCUT2D eigenvalue weighted by Gasteiger charge is 2.16. The maximum absolute atomic E-state index is 11.9. The molecule has 0 fully saturated rings. The van der Waals surface area contributed by atoms with Gasteiger partial charge in [-0.1, -0.05) is 18.2 Å². The molecule has 5 heteroatoms. The van der Waals surface area contributed by atoms with E-state index >= 15 is 0 Å². The van der Waals surface area contributed by atoms with Crippen molar-refractivity contribution >= 4 is 16.8 Å². The second-order valence-electron chi connectivity index (χ2n) is 4.05. The van der Waals surface area contributed by atoms with Crippen molar-refractivity contribution in [3.05, 3.63) is 30.0 Å². The van der Waals surface area contributed by atoms with E-state index in [9.17, 15) is 4.79 Å². The molecule has 2 rings (SSSR count). The lowest BCUT2D eigenvalue weighted by Gasteiger charge is -2.08. The molecule has 90 valence electrons. The topological polar surface area (TPSA) is 67.2 Å². The number of nitrogens with zero attached hydrogens (tertiary/aromatic N) is 2. The van der Waals surface area contributed by atoms with Crippen molar-refractivity contribution in [3.63, 3.8) is 0 Å². The van der Waals surface area contributed by atoms with Gasteiger partial charge in [-0.15, -0.1) is 0 Å². The molecular weight excluding hydrogens is 218 g/mol. The van der Waals surface area contributed by atoms with Crippen molar-refractivity contribution in [3.8, 4) is 0 Å². The lowest BCUT2D eigenvalue weighted by molar-refractivity contribution is 0.0918. The van der Waals surface area contributed by atoms with Crippen LogP contribution in [0.5, 0.6) is 0 Å². The first-order valence-corrected chi connectivity index (χ1v) is 5.47. The second kappa shape index (κ2) is 4.55. The van der Waals surface area contributed by atoms with Crippen LogP contribution in [0.2, 0.25) is 0 Å². The molecule has 0 spiro atoms. The van der Waals surface area contributed by atoms with E-state index < -0.39 is 0 Å². The first kappa shape index (κ1) is 11.6. The molecular formula is C12H15N3O2. The van der Waals surface area contributed by atoms with Gasteiger partial charge in [-0.05, 0) is 13.0 Å². The number of aromatic nitrogens is 2. The van der Waals surface area contributed by atoms with Gasteiger partial charge in [-0.2, -0.15) is 5.10 Å². The molecule has 1 aromatic carbocycles. The van der Waals surface area contributed by atoms with Gasteiger partial charge in [-0.3, -0.25) is 9.48 Å². The highest BCUT2D eigenvalue weighted by Crippen LogP contribution is 2.17. The lowest BCUT2D eigenvalue weighted by atomic mass is 10.2. The Morgan fingerprint density at radius 3 is 2.94 bits per heavy atom. The Morgan fingerprint density at radius 1 is 1.53 bits per heavy atom. The number of aryl methyl sites for hydroxylation is 1. The number of fused-ring (bicyclic) bond motifs is 1. The molecule has 0 bridgehead atoms. The van der Waals surface area contributed by atoms with E-state index in [0.29, 0.717) is 5.69 Å². The molecule has 17 heavy (non-hydrogen) atoms. The molecule has 2 N–H and O–H groups in total. The second-order valence-corrected chi connectivity index (χ2v) is 4.05. The smallest absolute Gasteiger partial charge is 0.272 e. The summed E-state index contributed by atoms with van der Waals surface area (Å²) in [6, 6.07) is 7.27. The predicted molar refractivity (Wildman–Crippen MR) is 64.7 cm³/mol. The van der Waals surface area contributed by atoms with Crippen LogP contribution in [0.25, 0.3) is 10.9 Å². The molecule has 0 aliphatic heterocycles. The van der Waals surface area contributed by atoms with E-state index in [4.69, 9.17) is 5.11 Å². The van der Waals surface area contributed by atoms with Crippen LogP contribution in [0.3, 0.4) is 0 Å². The number of carbonyl (C=O) groups excluding carboxylic acids is 1. The van der Waals surface area contributed by atoms with E-state index in [2.05, 4.69) is 10.4 Å². The monoisotopic (exact) mass is 233 g/mol. The Hall–Kier alpha value is -1.88. The van der Waals surface area contributed by atoms with Crippen molar-refractivity contribution < 1.29 is 9.90 Å². The van der Waals surface area contributed by atoms with Crippen LogP contribution in [0.15, 0.2) is 24.3 Å². The van der Waals surface area contributed by atoms with E-state index in [1.807, 2.05) is 24.3 Å². The molecule has 0 radical (unpaired) electrons. The zero-order valence-electron chi connectivity index (χ0n) is 9.84. The molecule has 0 unspecified atom stereocenters. The van der Waals surface area contributed by atoms with Crippen LogP contribution in [-0.2, 0) is 7.05 Å². The van der Waals surface area contributed by atoms with Crippen molar-refractivity contribution in [1.82, 2.24) is 15.1 Å². The number of hydrogen-bond donors (Lipinski definition) is 2. The van der Waals surface area contributed by atoms with Gasteiger partial charge in [0.25, 0.3) is 5.91 Å². The van der Waals surface area contributed by atoms with Gasteiger partial charge in [0.15, 0.2) is 5.69 Å². The number of benzene rings is 1. The number of para-hydroxylation sites is 1. The molecule has 1 heterocycles. The summed E-state index contributed by atoms with van der Waals surface area (Å²) in [6.45, 7) is 1.65. The number of aliphatic hydroxyl groups is 1. The Morgan fingerprint density at radius 2 is 2.24 bits per heavy atom. The molecule has 0 saturated heterocycles. The normalized spacial score (nSPS) is 12.6. The third kappa shape index (κ3) is 2.14. The molecule has 0 aliphatic rings. The minimum absolute atomic E-state index is 0.0868. The number of amides is 1. The van der Waals surface area contributed by atoms with Crippen molar-refractivity contribution in [2.24, 2.45) is 7.05 Å². The van der Waals surface area contributed by atoms with Crippen molar-refractivity contribution in [2.45, 2.75) is 13.0 Å². The summed E-state index contributed by atoms with van der Waals surface area (Å²) in [4.78, 5) is 11.9. The summed E-state index contributed by atoms with van der Waals surface area (Å²) < 4.78 is 1.67. The van der Waals surface area contributed by atoms with Gasteiger partial charge in [-0.25, -0.2) is 0 Å². The van der Waals surface area contributed by atoms with Gasteiger partial charge in [0, 0.05) is 18.5 Å². The Bertz CT molecular complexity index is 548. The fourth-order valence-corrected chi connectivity index (χ4v) is 1.72. The summed E-state index contributed by atoms with van der Waals surface area (Å²) >= 11 is 0. The standard InChI is InChI=1S/C12H15N3O2/c1-8(7-16)13-12(17)11-9-5-3-4-6-10(9)15(2)14-11/h3-6,8,16H,7H2,1-2H3,(H,13,17)/t8-/m1/s1. The maximum Gasteiger partial charge on any atom is 0.272 e. The van der Waals surface area contributed by atoms with Gasteiger partial charge in [0.1, 0.15) is 0 Å². The molecule has 1 amide bonds. The molecule has 1 aromatic heterocycles. The molecule has 1 atom stereocenters. The average molecular weight is 233 g/mol. The van der Waals surface area contributed by atoms with Gasteiger partial charge in [0.2, 0.25) is 0 Å².